The molecule has 90 valence electrons. The third kappa shape index (κ3) is 2.74. The van der Waals surface area contributed by atoms with Gasteiger partial charge in [0.15, 0.2) is 0 Å². The summed E-state index contributed by atoms with van der Waals surface area (Å²) in [6, 6.07) is 8.54. The Labute approximate surface area is 103 Å². The highest BCUT2D eigenvalue weighted by atomic mass is 15.1. The van der Waals surface area contributed by atoms with Gasteiger partial charge in [-0.2, -0.15) is 0 Å². The van der Waals surface area contributed by atoms with Crippen LogP contribution in [0.15, 0.2) is 36.7 Å². The molecule has 1 aromatic heterocycles. The van der Waals surface area contributed by atoms with Crippen molar-refractivity contribution in [2.75, 3.05) is 7.05 Å². The van der Waals surface area contributed by atoms with E-state index < -0.39 is 0 Å². The van der Waals surface area contributed by atoms with Gasteiger partial charge < -0.3 is 9.88 Å². The van der Waals surface area contributed by atoms with Gasteiger partial charge in [0.25, 0.3) is 0 Å². The van der Waals surface area contributed by atoms with Crippen LogP contribution < -0.4 is 5.32 Å². The number of hydrogen-bond donors (Lipinski definition) is 1. The minimum atomic E-state index is 0.904. The summed E-state index contributed by atoms with van der Waals surface area (Å²) in [4.78, 5) is 4.35. The zero-order chi connectivity index (χ0) is 12.1. The van der Waals surface area contributed by atoms with Gasteiger partial charge in [-0.3, -0.25) is 0 Å². The van der Waals surface area contributed by atoms with Gasteiger partial charge in [0.1, 0.15) is 5.82 Å². The van der Waals surface area contributed by atoms with E-state index in [4.69, 9.17) is 0 Å². The average molecular weight is 229 g/mol. The van der Waals surface area contributed by atoms with Crippen molar-refractivity contribution in [2.24, 2.45) is 0 Å². The van der Waals surface area contributed by atoms with E-state index in [2.05, 4.69) is 52.3 Å². The summed E-state index contributed by atoms with van der Waals surface area (Å²) >= 11 is 0. The smallest absolute Gasteiger partial charge is 0.108 e. The molecule has 1 aromatic carbocycles. The molecule has 0 fully saturated rings. The molecule has 0 radical (unpaired) electrons. The molecular formula is C14H19N3. The Bertz CT molecular complexity index is 474. The molecular weight excluding hydrogens is 210 g/mol. The lowest BCUT2D eigenvalue weighted by Gasteiger charge is -2.11. The number of nitrogens with one attached hydrogen (secondary N) is 1. The zero-order valence-corrected chi connectivity index (χ0v) is 10.5. The van der Waals surface area contributed by atoms with Gasteiger partial charge in [0.2, 0.25) is 0 Å². The molecule has 0 unspecified atom stereocenters. The van der Waals surface area contributed by atoms with Crippen molar-refractivity contribution >= 4 is 0 Å². The van der Waals surface area contributed by atoms with E-state index in [1.165, 1.54) is 11.1 Å². The van der Waals surface area contributed by atoms with E-state index in [-0.39, 0.29) is 0 Å². The number of benzene rings is 1. The van der Waals surface area contributed by atoms with Crippen molar-refractivity contribution in [3.05, 3.63) is 53.6 Å². The summed E-state index contributed by atoms with van der Waals surface area (Å²) in [6.45, 7) is 3.95. The minimum absolute atomic E-state index is 0.904. The Hall–Kier alpha value is -1.61. The lowest BCUT2D eigenvalue weighted by Crippen LogP contribution is -2.10. The van der Waals surface area contributed by atoms with Gasteiger partial charge in [-0.15, -0.1) is 0 Å². The molecule has 0 aliphatic carbocycles. The van der Waals surface area contributed by atoms with Crippen molar-refractivity contribution in [3.63, 3.8) is 0 Å². The lowest BCUT2D eigenvalue weighted by atomic mass is 10.1. The van der Waals surface area contributed by atoms with E-state index in [0.717, 1.165) is 25.3 Å². The summed E-state index contributed by atoms with van der Waals surface area (Å²) < 4.78 is 2.22. The maximum Gasteiger partial charge on any atom is 0.108 e. The highest BCUT2D eigenvalue weighted by Crippen LogP contribution is 2.12. The number of imidazole rings is 1. The number of rotatable bonds is 5. The van der Waals surface area contributed by atoms with Gasteiger partial charge in [0.05, 0.1) is 0 Å². The molecule has 1 N–H and O–H groups in total. The predicted octanol–water partition coefficient (Wildman–Crippen LogP) is 2.21. The molecule has 0 amide bonds. The average Bonchev–Trinajstić information content (AvgIpc) is 2.79. The quantitative estimate of drug-likeness (QED) is 0.852. The number of aryl methyl sites for hydroxylation is 1. The van der Waals surface area contributed by atoms with Crippen LogP contribution in [-0.4, -0.2) is 16.6 Å². The number of nitrogens with zero attached hydrogens (tertiary/aromatic N) is 2. The van der Waals surface area contributed by atoms with E-state index >= 15 is 0 Å². The van der Waals surface area contributed by atoms with Crippen LogP contribution in [0.25, 0.3) is 0 Å². The van der Waals surface area contributed by atoms with Gasteiger partial charge in [0, 0.05) is 31.9 Å². The van der Waals surface area contributed by atoms with E-state index in [1.54, 1.807) is 0 Å². The van der Waals surface area contributed by atoms with Crippen molar-refractivity contribution in [1.29, 1.82) is 0 Å². The molecule has 3 heteroatoms. The van der Waals surface area contributed by atoms with Crippen LogP contribution in [0.5, 0.6) is 0 Å². The van der Waals surface area contributed by atoms with E-state index in [0.29, 0.717) is 0 Å². The first-order valence-corrected chi connectivity index (χ1v) is 6.06. The Morgan fingerprint density at radius 3 is 2.71 bits per heavy atom. The lowest BCUT2D eigenvalue weighted by molar-refractivity contribution is 0.715. The monoisotopic (exact) mass is 229 g/mol. The van der Waals surface area contributed by atoms with Gasteiger partial charge >= 0.3 is 0 Å². The molecule has 0 aliphatic heterocycles. The third-order valence-corrected chi connectivity index (χ3v) is 2.94. The molecule has 1 heterocycles. The SMILES string of the molecule is CCc1nccn1Cc1ccccc1CNC. The van der Waals surface area contributed by atoms with Crippen molar-refractivity contribution in [1.82, 2.24) is 14.9 Å². The first kappa shape index (κ1) is 11.9. The van der Waals surface area contributed by atoms with E-state index in [1.807, 2.05) is 13.2 Å². The molecule has 0 saturated heterocycles. The largest absolute Gasteiger partial charge is 0.331 e. The Kier molecular flexibility index (Phi) is 3.94. The molecule has 0 atom stereocenters. The molecule has 17 heavy (non-hydrogen) atoms. The zero-order valence-electron chi connectivity index (χ0n) is 10.5. The van der Waals surface area contributed by atoms with Crippen LogP contribution in [0.3, 0.4) is 0 Å². The summed E-state index contributed by atoms with van der Waals surface area (Å²) in [7, 11) is 1.98. The van der Waals surface area contributed by atoms with Crippen molar-refractivity contribution in [2.45, 2.75) is 26.4 Å². The summed E-state index contributed by atoms with van der Waals surface area (Å²) in [5.74, 6) is 1.14. The summed E-state index contributed by atoms with van der Waals surface area (Å²) in [6.07, 6.45) is 4.90. The second-order valence-electron chi connectivity index (χ2n) is 4.12. The molecule has 3 nitrogen and oxygen atoms in total. The highest BCUT2D eigenvalue weighted by Gasteiger charge is 2.04. The van der Waals surface area contributed by atoms with Crippen LogP contribution in [0.4, 0.5) is 0 Å². The number of aromatic nitrogens is 2. The second kappa shape index (κ2) is 5.64. The molecule has 2 aromatic rings. The molecule has 2 rings (SSSR count). The third-order valence-electron chi connectivity index (χ3n) is 2.94. The maximum atomic E-state index is 4.35. The fraction of sp³-hybridized carbons (Fsp3) is 0.357. The van der Waals surface area contributed by atoms with Crippen molar-refractivity contribution in [3.8, 4) is 0 Å². The van der Waals surface area contributed by atoms with Crippen LogP contribution in [0.1, 0.15) is 23.9 Å². The normalized spacial score (nSPS) is 10.7. The summed E-state index contributed by atoms with van der Waals surface area (Å²) in [5.41, 5.74) is 2.71. The van der Waals surface area contributed by atoms with Crippen LogP contribution in [0.2, 0.25) is 0 Å². The molecule has 0 aliphatic rings. The van der Waals surface area contributed by atoms with Crippen LogP contribution >= 0.6 is 0 Å². The van der Waals surface area contributed by atoms with Crippen LogP contribution in [0, 0.1) is 0 Å². The van der Waals surface area contributed by atoms with Gasteiger partial charge in [-0.1, -0.05) is 31.2 Å². The fourth-order valence-electron chi connectivity index (χ4n) is 2.06. The second-order valence-corrected chi connectivity index (χ2v) is 4.12. The topological polar surface area (TPSA) is 29.9 Å². The molecule has 0 bridgehead atoms. The van der Waals surface area contributed by atoms with Crippen LogP contribution in [-0.2, 0) is 19.5 Å². The molecule has 0 saturated carbocycles. The first-order chi connectivity index (χ1) is 8.35. The minimum Gasteiger partial charge on any atom is -0.331 e. The Morgan fingerprint density at radius 1 is 1.24 bits per heavy atom. The highest BCUT2D eigenvalue weighted by molar-refractivity contribution is 5.27. The van der Waals surface area contributed by atoms with E-state index in [9.17, 15) is 0 Å². The van der Waals surface area contributed by atoms with Crippen molar-refractivity contribution < 1.29 is 0 Å². The molecule has 0 spiro atoms. The standard InChI is InChI=1S/C14H19N3/c1-3-14-16-8-9-17(14)11-13-7-5-4-6-12(13)10-15-2/h4-9,15H,3,10-11H2,1-2H3. The summed E-state index contributed by atoms with van der Waals surface area (Å²) in [5, 5.41) is 3.21. The Morgan fingerprint density at radius 2 is 2.00 bits per heavy atom. The van der Waals surface area contributed by atoms with Gasteiger partial charge in [-0.05, 0) is 18.2 Å². The maximum absolute atomic E-state index is 4.35. The van der Waals surface area contributed by atoms with Gasteiger partial charge in [-0.25, -0.2) is 4.98 Å². The Balaban J connectivity index is 2.23. The number of hydrogen-bond acceptors (Lipinski definition) is 2. The first-order valence-electron chi connectivity index (χ1n) is 6.06. The predicted molar refractivity (Wildman–Crippen MR) is 69.9 cm³/mol. The fourth-order valence-corrected chi connectivity index (χ4v) is 2.06.